The van der Waals surface area contributed by atoms with Crippen LogP contribution in [0, 0.1) is 0 Å². The molecule has 0 aromatic heterocycles. The van der Waals surface area contributed by atoms with E-state index in [1.54, 1.807) is 63.4 Å². The van der Waals surface area contributed by atoms with Gasteiger partial charge in [-0.3, -0.25) is 0 Å². The van der Waals surface area contributed by atoms with E-state index in [-0.39, 0.29) is 10.3 Å². The maximum atomic E-state index is 12.6. The van der Waals surface area contributed by atoms with Gasteiger partial charge in [0.2, 0.25) is 10.0 Å². The van der Waals surface area contributed by atoms with Crippen LogP contribution in [0.15, 0.2) is 53.4 Å². The third-order valence-electron chi connectivity index (χ3n) is 4.84. The van der Waals surface area contributed by atoms with Gasteiger partial charge in [-0.15, -0.1) is 0 Å². The van der Waals surface area contributed by atoms with Crippen molar-refractivity contribution in [3.05, 3.63) is 59.7 Å². The molecule has 0 aliphatic rings. The first-order chi connectivity index (χ1) is 14.5. The fourth-order valence-electron chi connectivity index (χ4n) is 3.08. The van der Waals surface area contributed by atoms with E-state index in [4.69, 9.17) is 9.47 Å². The lowest BCUT2D eigenvalue weighted by Gasteiger charge is -2.22. The van der Waals surface area contributed by atoms with Crippen molar-refractivity contribution in [3.8, 4) is 11.5 Å². The molecule has 0 saturated heterocycles. The van der Waals surface area contributed by atoms with Crippen molar-refractivity contribution >= 4 is 22.1 Å². The number of sulfonamides is 1. The zero-order valence-electron chi connectivity index (χ0n) is 19.0. The second-order valence-electron chi connectivity index (χ2n) is 8.02. The lowest BCUT2D eigenvalue weighted by atomic mass is 9.86. The first kappa shape index (κ1) is 24.6. The van der Waals surface area contributed by atoms with Gasteiger partial charge in [0.15, 0.2) is 0 Å². The summed E-state index contributed by atoms with van der Waals surface area (Å²) >= 11 is 0. The molecule has 6 nitrogen and oxygen atoms in total. The molecule has 0 radical (unpaired) electrons. The molecule has 168 valence electrons. The van der Waals surface area contributed by atoms with E-state index in [2.05, 4.69) is 0 Å². The first-order valence-corrected chi connectivity index (χ1v) is 11.7. The molecule has 0 amide bonds. The van der Waals surface area contributed by atoms with Gasteiger partial charge >= 0.3 is 5.97 Å². The Morgan fingerprint density at radius 2 is 1.65 bits per heavy atom. The summed E-state index contributed by atoms with van der Waals surface area (Å²) in [5.74, 6) is 0.652. The molecular formula is C24H31NO5S. The number of ether oxygens (including phenoxy) is 2. The molecule has 0 N–H and O–H groups in total. The van der Waals surface area contributed by atoms with Crippen LogP contribution in [0.25, 0.3) is 6.08 Å². The van der Waals surface area contributed by atoms with Gasteiger partial charge in [0.05, 0.1) is 12.0 Å². The van der Waals surface area contributed by atoms with Crippen molar-refractivity contribution in [2.75, 3.05) is 20.2 Å². The minimum atomic E-state index is -3.51. The highest BCUT2D eigenvalue weighted by Crippen LogP contribution is 2.34. The van der Waals surface area contributed by atoms with Crippen molar-refractivity contribution in [2.24, 2.45) is 0 Å². The summed E-state index contributed by atoms with van der Waals surface area (Å²) in [6.45, 7) is 10.5. The summed E-state index contributed by atoms with van der Waals surface area (Å²) < 4.78 is 37.3. The van der Waals surface area contributed by atoms with Crippen LogP contribution in [0.5, 0.6) is 11.5 Å². The van der Waals surface area contributed by atoms with E-state index in [9.17, 15) is 13.2 Å². The van der Waals surface area contributed by atoms with Gasteiger partial charge < -0.3 is 9.47 Å². The van der Waals surface area contributed by atoms with Gasteiger partial charge in [-0.05, 0) is 47.4 Å². The zero-order chi connectivity index (χ0) is 23.2. The van der Waals surface area contributed by atoms with E-state index in [0.717, 1.165) is 5.56 Å². The average Bonchev–Trinajstić information content (AvgIpc) is 2.72. The van der Waals surface area contributed by atoms with E-state index >= 15 is 0 Å². The number of esters is 1. The Hall–Kier alpha value is -2.64. The normalized spacial score (nSPS) is 12.4. The minimum Gasteiger partial charge on any atom is -0.497 e. The lowest BCUT2D eigenvalue weighted by molar-refractivity contribution is -0.129. The number of carbonyl (C=O) groups excluding carboxylic acids is 1. The summed E-state index contributed by atoms with van der Waals surface area (Å²) in [5.41, 5.74) is 1.32. The topological polar surface area (TPSA) is 72.9 Å². The van der Waals surface area contributed by atoms with Crippen LogP contribution in [0.1, 0.15) is 45.7 Å². The maximum absolute atomic E-state index is 12.6. The predicted octanol–water partition coefficient (Wildman–Crippen LogP) is 4.64. The Morgan fingerprint density at radius 1 is 1.03 bits per heavy atom. The highest BCUT2D eigenvalue weighted by molar-refractivity contribution is 7.89. The van der Waals surface area contributed by atoms with Crippen LogP contribution in [0.3, 0.4) is 0 Å². The van der Waals surface area contributed by atoms with Crippen LogP contribution in [-0.2, 0) is 20.2 Å². The van der Waals surface area contributed by atoms with Crippen molar-refractivity contribution in [1.82, 2.24) is 4.31 Å². The molecule has 0 aliphatic carbocycles. The molecule has 2 aromatic carbocycles. The Morgan fingerprint density at radius 3 is 2.16 bits per heavy atom. The van der Waals surface area contributed by atoms with Gasteiger partial charge in [0, 0.05) is 24.7 Å². The molecular weight excluding hydrogens is 414 g/mol. The van der Waals surface area contributed by atoms with Crippen molar-refractivity contribution in [2.45, 2.75) is 44.9 Å². The number of benzene rings is 2. The molecule has 0 atom stereocenters. The van der Waals surface area contributed by atoms with Gasteiger partial charge in [-0.2, -0.15) is 4.31 Å². The van der Waals surface area contributed by atoms with Crippen LogP contribution in [0.4, 0.5) is 0 Å². The maximum Gasteiger partial charge on any atom is 0.336 e. The van der Waals surface area contributed by atoms with E-state index < -0.39 is 16.0 Å². The Labute approximate surface area is 185 Å². The van der Waals surface area contributed by atoms with E-state index in [1.807, 2.05) is 26.8 Å². The molecule has 0 saturated carbocycles. The summed E-state index contributed by atoms with van der Waals surface area (Å²) in [6.07, 6.45) is 2.92. The Bertz CT molecular complexity index is 1030. The molecule has 0 bridgehead atoms. The summed E-state index contributed by atoms with van der Waals surface area (Å²) in [6, 6.07) is 11.7. The van der Waals surface area contributed by atoms with Crippen molar-refractivity contribution < 1.29 is 22.7 Å². The Kier molecular flexibility index (Phi) is 8.03. The predicted molar refractivity (Wildman–Crippen MR) is 123 cm³/mol. The quantitative estimate of drug-likeness (QED) is 0.336. The number of carbonyl (C=O) groups is 1. The minimum absolute atomic E-state index is 0.226. The summed E-state index contributed by atoms with van der Waals surface area (Å²) in [4.78, 5) is 12.6. The van der Waals surface area contributed by atoms with E-state index in [0.29, 0.717) is 30.2 Å². The van der Waals surface area contributed by atoms with Crippen LogP contribution in [0.2, 0.25) is 0 Å². The molecule has 7 heteroatoms. The highest BCUT2D eigenvalue weighted by Gasteiger charge is 2.22. The first-order valence-electron chi connectivity index (χ1n) is 10.2. The molecule has 0 fully saturated rings. The number of nitrogens with zero attached hydrogens (tertiary/aromatic N) is 1. The largest absolute Gasteiger partial charge is 0.497 e. The Balaban J connectivity index is 2.16. The van der Waals surface area contributed by atoms with Gasteiger partial charge in [0.25, 0.3) is 0 Å². The summed E-state index contributed by atoms with van der Waals surface area (Å²) in [7, 11) is -1.92. The second-order valence-corrected chi connectivity index (χ2v) is 9.96. The molecule has 0 aliphatic heterocycles. The second kappa shape index (κ2) is 10.1. The molecule has 2 aromatic rings. The monoisotopic (exact) mass is 445 g/mol. The standard InChI is InChI=1S/C24H31NO5S/c1-7-25(8-2)31(27,28)20-13-9-18(10-14-20)11-16-23(26)30-22-15-12-19(29-6)17-21(22)24(3,4)5/h9-17H,7-8H2,1-6H3/b16-11+. The fourth-order valence-corrected chi connectivity index (χ4v) is 4.54. The van der Waals surface area contributed by atoms with Crippen LogP contribution < -0.4 is 9.47 Å². The SMILES string of the molecule is CCN(CC)S(=O)(=O)c1ccc(/C=C/C(=O)Oc2ccc(OC)cc2C(C)(C)C)cc1. The fraction of sp³-hybridized carbons (Fsp3) is 0.375. The van der Waals surface area contributed by atoms with Gasteiger partial charge in [-0.25, -0.2) is 13.2 Å². The van der Waals surface area contributed by atoms with Crippen molar-refractivity contribution in [1.29, 1.82) is 0 Å². The molecule has 2 rings (SSSR count). The number of hydrogen-bond donors (Lipinski definition) is 0. The number of methoxy groups -OCH3 is 1. The third-order valence-corrected chi connectivity index (χ3v) is 6.90. The van der Waals surface area contributed by atoms with Crippen LogP contribution in [-0.4, -0.2) is 38.9 Å². The molecule has 31 heavy (non-hydrogen) atoms. The lowest BCUT2D eigenvalue weighted by Crippen LogP contribution is -2.30. The average molecular weight is 446 g/mol. The molecule has 0 unspecified atom stereocenters. The van der Waals surface area contributed by atoms with Crippen LogP contribution >= 0.6 is 0 Å². The van der Waals surface area contributed by atoms with Gasteiger partial charge in [0.1, 0.15) is 11.5 Å². The molecule has 0 spiro atoms. The molecule has 0 heterocycles. The number of rotatable bonds is 8. The highest BCUT2D eigenvalue weighted by atomic mass is 32.2. The zero-order valence-corrected chi connectivity index (χ0v) is 19.8. The van der Waals surface area contributed by atoms with E-state index in [1.165, 1.54) is 10.4 Å². The van der Waals surface area contributed by atoms with Crippen molar-refractivity contribution in [3.63, 3.8) is 0 Å². The number of hydrogen-bond acceptors (Lipinski definition) is 5. The third kappa shape index (κ3) is 6.18. The van der Waals surface area contributed by atoms with Gasteiger partial charge in [-0.1, -0.05) is 46.8 Å². The summed E-state index contributed by atoms with van der Waals surface area (Å²) in [5, 5.41) is 0. The smallest absolute Gasteiger partial charge is 0.336 e.